The first-order valence-corrected chi connectivity index (χ1v) is 6.97. The number of aromatic nitrogens is 4. The number of nitrogens with one attached hydrogen (secondary N) is 2. The first-order valence-electron chi connectivity index (χ1n) is 6.97. The maximum absolute atomic E-state index is 12.2. The van der Waals surface area contributed by atoms with Crippen molar-refractivity contribution in [3.63, 3.8) is 0 Å². The van der Waals surface area contributed by atoms with Gasteiger partial charge in [-0.3, -0.25) is 19.1 Å². The summed E-state index contributed by atoms with van der Waals surface area (Å²) >= 11 is 0. The third-order valence-corrected chi connectivity index (χ3v) is 3.61. The van der Waals surface area contributed by atoms with Crippen LogP contribution in [0.25, 0.3) is 11.2 Å². The van der Waals surface area contributed by atoms with E-state index < -0.39 is 11.2 Å². The molecule has 0 aliphatic carbocycles. The molecule has 8 heteroatoms. The first-order chi connectivity index (χ1) is 11.0. The highest BCUT2D eigenvalue weighted by molar-refractivity contribution is 5.92. The zero-order chi connectivity index (χ0) is 16.6. The SMILES string of the molecule is Cc1ccccc1NC(=O)Cn1cnc2c1c(=O)[nH]c(=O)n2C. The zero-order valence-corrected chi connectivity index (χ0v) is 12.7. The molecule has 8 nitrogen and oxygen atoms in total. The molecule has 0 saturated carbocycles. The number of carbonyl (C=O) groups excluding carboxylic acids is 1. The molecular weight excluding hydrogens is 298 g/mol. The molecular formula is C15H15N5O3. The Bertz CT molecular complexity index is 1010. The smallest absolute Gasteiger partial charge is 0.324 e. The van der Waals surface area contributed by atoms with E-state index in [1.807, 2.05) is 25.1 Å². The molecule has 118 valence electrons. The van der Waals surface area contributed by atoms with E-state index in [9.17, 15) is 14.4 Å². The van der Waals surface area contributed by atoms with Crippen molar-refractivity contribution in [2.24, 2.45) is 7.05 Å². The maximum atomic E-state index is 12.2. The fraction of sp³-hybridized carbons (Fsp3) is 0.200. The molecule has 0 atom stereocenters. The number of hydrogen-bond donors (Lipinski definition) is 2. The molecule has 1 amide bonds. The second-order valence-corrected chi connectivity index (χ2v) is 5.23. The van der Waals surface area contributed by atoms with Gasteiger partial charge >= 0.3 is 5.69 Å². The number of imidazole rings is 1. The van der Waals surface area contributed by atoms with Gasteiger partial charge in [0.15, 0.2) is 11.2 Å². The molecule has 3 aromatic rings. The van der Waals surface area contributed by atoms with Crippen LogP contribution in [0.15, 0.2) is 40.2 Å². The summed E-state index contributed by atoms with van der Waals surface area (Å²) in [4.78, 5) is 42.0. The molecule has 0 spiro atoms. The molecule has 0 unspecified atom stereocenters. The summed E-state index contributed by atoms with van der Waals surface area (Å²) in [6.07, 6.45) is 1.37. The van der Waals surface area contributed by atoms with Crippen LogP contribution in [0, 0.1) is 6.92 Å². The van der Waals surface area contributed by atoms with Crippen LogP contribution in [0.5, 0.6) is 0 Å². The Balaban J connectivity index is 1.92. The molecule has 2 heterocycles. The van der Waals surface area contributed by atoms with E-state index in [0.29, 0.717) is 5.69 Å². The van der Waals surface area contributed by atoms with Crippen molar-refractivity contribution < 1.29 is 4.79 Å². The number of H-pyrrole nitrogens is 1. The number of amides is 1. The molecule has 3 rings (SSSR count). The molecule has 23 heavy (non-hydrogen) atoms. The lowest BCUT2D eigenvalue weighted by Crippen LogP contribution is -2.30. The van der Waals surface area contributed by atoms with Gasteiger partial charge in [-0.25, -0.2) is 9.78 Å². The van der Waals surface area contributed by atoms with Gasteiger partial charge in [-0.1, -0.05) is 18.2 Å². The van der Waals surface area contributed by atoms with E-state index in [1.54, 1.807) is 6.07 Å². The van der Waals surface area contributed by atoms with E-state index in [4.69, 9.17) is 0 Å². The van der Waals surface area contributed by atoms with Crippen molar-refractivity contribution in [2.45, 2.75) is 13.5 Å². The lowest BCUT2D eigenvalue weighted by atomic mass is 10.2. The lowest BCUT2D eigenvalue weighted by Gasteiger charge is -2.08. The van der Waals surface area contributed by atoms with Gasteiger partial charge in [0.05, 0.1) is 6.33 Å². The van der Waals surface area contributed by atoms with Gasteiger partial charge in [0.1, 0.15) is 6.54 Å². The van der Waals surface area contributed by atoms with Crippen molar-refractivity contribution >= 4 is 22.8 Å². The average Bonchev–Trinajstić information content (AvgIpc) is 2.91. The molecule has 0 saturated heterocycles. The summed E-state index contributed by atoms with van der Waals surface area (Å²) < 4.78 is 2.65. The molecule has 0 aliphatic rings. The molecule has 2 N–H and O–H groups in total. The fourth-order valence-electron chi connectivity index (χ4n) is 2.36. The van der Waals surface area contributed by atoms with E-state index in [1.165, 1.54) is 22.5 Å². The van der Waals surface area contributed by atoms with Crippen molar-refractivity contribution in [1.29, 1.82) is 0 Å². The van der Waals surface area contributed by atoms with Gasteiger partial charge < -0.3 is 9.88 Å². The van der Waals surface area contributed by atoms with Crippen LogP contribution >= 0.6 is 0 Å². The van der Waals surface area contributed by atoms with Crippen LogP contribution < -0.4 is 16.6 Å². The second kappa shape index (κ2) is 5.56. The largest absolute Gasteiger partial charge is 0.329 e. The summed E-state index contributed by atoms with van der Waals surface area (Å²) in [6.45, 7) is 1.81. The lowest BCUT2D eigenvalue weighted by molar-refractivity contribution is -0.116. The standard InChI is InChI=1S/C15H15N5O3/c1-9-5-3-4-6-10(9)17-11(21)7-20-8-16-13-12(20)14(22)18-15(23)19(13)2/h3-6,8H,7H2,1-2H3,(H,17,21)(H,18,22,23). The van der Waals surface area contributed by atoms with Crippen molar-refractivity contribution in [3.05, 3.63) is 57.0 Å². The Morgan fingerprint density at radius 1 is 1.30 bits per heavy atom. The maximum Gasteiger partial charge on any atom is 0.329 e. The van der Waals surface area contributed by atoms with Crippen molar-refractivity contribution in [1.82, 2.24) is 19.1 Å². The monoisotopic (exact) mass is 313 g/mol. The number of anilines is 1. The number of fused-ring (bicyclic) bond motifs is 1. The van der Waals surface area contributed by atoms with E-state index >= 15 is 0 Å². The third-order valence-electron chi connectivity index (χ3n) is 3.61. The third kappa shape index (κ3) is 2.66. The Morgan fingerprint density at radius 3 is 2.78 bits per heavy atom. The van der Waals surface area contributed by atoms with Gasteiger partial charge in [-0.2, -0.15) is 0 Å². The van der Waals surface area contributed by atoms with Crippen LogP contribution in [0.4, 0.5) is 5.69 Å². The quantitative estimate of drug-likeness (QED) is 0.729. The fourth-order valence-corrected chi connectivity index (χ4v) is 2.36. The average molecular weight is 313 g/mol. The first kappa shape index (κ1) is 14.8. The highest BCUT2D eigenvalue weighted by Crippen LogP contribution is 2.13. The highest BCUT2D eigenvalue weighted by Gasteiger charge is 2.14. The number of para-hydroxylation sites is 1. The molecule has 0 bridgehead atoms. The molecule has 0 aliphatic heterocycles. The molecule has 0 fully saturated rings. The highest BCUT2D eigenvalue weighted by atomic mass is 16.2. The second-order valence-electron chi connectivity index (χ2n) is 5.23. The van der Waals surface area contributed by atoms with Crippen LogP contribution in [0.2, 0.25) is 0 Å². The minimum absolute atomic E-state index is 0.0773. The number of carbonyl (C=O) groups is 1. The van der Waals surface area contributed by atoms with Crippen molar-refractivity contribution in [2.75, 3.05) is 5.32 Å². The number of benzene rings is 1. The normalized spacial score (nSPS) is 10.9. The zero-order valence-electron chi connectivity index (χ0n) is 12.7. The van der Waals surface area contributed by atoms with Gasteiger partial charge in [-0.15, -0.1) is 0 Å². The Labute approximate surface area is 130 Å². The van der Waals surface area contributed by atoms with Gasteiger partial charge in [0.25, 0.3) is 5.56 Å². The predicted octanol–water partition coefficient (Wildman–Crippen LogP) is 0.370. The summed E-state index contributed by atoms with van der Waals surface area (Å²) in [5.41, 5.74) is 0.968. The molecule has 0 radical (unpaired) electrons. The summed E-state index contributed by atoms with van der Waals surface area (Å²) in [5, 5.41) is 2.79. The van der Waals surface area contributed by atoms with Crippen LogP contribution in [0.3, 0.4) is 0 Å². The Kier molecular flexibility index (Phi) is 3.57. The van der Waals surface area contributed by atoms with Crippen molar-refractivity contribution in [3.8, 4) is 0 Å². The van der Waals surface area contributed by atoms with E-state index in [0.717, 1.165) is 5.56 Å². The number of nitrogens with zero attached hydrogens (tertiary/aromatic N) is 3. The number of aromatic amines is 1. The van der Waals surface area contributed by atoms with E-state index in [-0.39, 0.29) is 23.6 Å². The van der Waals surface area contributed by atoms with Crippen LogP contribution in [-0.4, -0.2) is 25.0 Å². The Morgan fingerprint density at radius 2 is 2.04 bits per heavy atom. The molecule has 1 aromatic carbocycles. The van der Waals surface area contributed by atoms with Gasteiger partial charge in [-0.05, 0) is 18.6 Å². The summed E-state index contributed by atoms with van der Waals surface area (Å²) in [5.74, 6) is -0.285. The van der Waals surface area contributed by atoms with Crippen LogP contribution in [0.1, 0.15) is 5.56 Å². The minimum Gasteiger partial charge on any atom is -0.324 e. The van der Waals surface area contributed by atoms with Gasteiger partial charge in [0.2, 0.25) is 5.91 Å². The minimum atomic E-state index is -0.565. The van der Waals surface area contributed by atoms with Gasteiger partial charge in [0, 0.05) is 12.7 Å². The number of hydrogen-bond acceptors (Lipinski definition) is 4. The summed E-state index contributed by atoms with van der Waals surface area (Å²) in [7, 11) is 1.51. The number of rotatable bonds is 3. The van der Waals surface area contributed by atoms with E-state index in [2.05, 4.69) is 15.3 Å². The Hall–Kier alpha value is -3.16. The van der Waals surface area contributed by atoms with Crippen LogP contribution in [-0.2, 0) is 18.4 Å². The number of aryl methyl sites for hydroxylation is 2. The predicted molar refractivity (Wildman–Crippen MR) is 85.4 cm³/mol. The topological polar surface area (TPSA) is 102 Å². The summed E-state index contributed by atoms with van der Waals surface area (Å²) in [6, 6.07) is 7.41. The molecule has 2 aromatic heterocycles.